The van der Waals surface area contributed by atoms with Crippen molar-refractivity contribution in [3.05, 3.63) is 61.5 Å². The Kier molecular flexibility index (Phi) is 5.89. The van der Waals surface area contributed by atoms with Crippen LogP contribution >= 0.6 is 11.6 Å². The number of nitrogens with one attached hydrogen (secondary N) is 1. The minimum absolute atomic E-state index is 0.0902. The highest BCUT2D eigenvalue weighted by Crippen LogP contribution is 2.33. The fourth-order valence-corrected chi connectivity index (χ4v) is 4.89. The maximum absolute atomic E-state index is 13.4. The molecule has 1 fully saturated rings. The Hall–Kier alpha value is -2.31. The molecule has 0 bridgehead atoms. The number of fused-ring (bicyclic) bond motifs is 1. The molecule has 0 unspecified atom stereocenters. The van der Waals surface area contributed by atoms with Gasteiger partial charge < -0.3 is 19.5 Å². The van der Waals surface area contributed by atoms with Crippen molar-refractivity contribution in [2.45, 2.75) is 52.7 Å². The lowest BCUT2D eigenvalue weighted by Gasteiger charge is -2.36. The number of H-pyrrole nitrogens is 1. The molecule has 0 radical (unpaired) electrons. The van der Waals surface area contributed by atoms with Crippen LogP contribution in [0.2, 0.25) is 5.02 Å². The molecule has 7 heteroatoms. The minimum Gasteiger partial charge on any atom is -0.381 e. The van der Waals surface area contributed by atoms with E-state index in [1.807, 2.05) is 26.0 Å². The summed E-state index contributed by atoms with van der Waals surface area (Å²) in [5, 5.41) is 0.551. The van der Waals surface area contributed by atoms with Crippen molar-refractivity contribution >= 4 is 23.2 Å². The monoisotopic (exact) mass is 429 g/mol. The maximum Gasteiger partial charge on any atom is 0.254 e. The number of amides is 1. The number of hydrogen-bond acceptors (Lipinski definition) is 4. The summed E-state index contributed by atoms with van der Waals surface area (Å²) >= 11 is 6.47. The van der Waals surface area contributed by atoms with Crippen LogP contribution in [0, 0.1) is 13.8 Å². The van der Waals surface area contributed by atoms with Gasteiger partial charge in [0, 0.05) is 59.9 Å². The van der Waals surface area contributed by atoms with E-state index in [1.54, 1.807) is 11.0 Å². The average molecular weight is 430 g/mol. The van der Waals surface area contributed by atoms with Crippen LogP contribution in [0.5, 0.6) is 0 Å². The zero-order valence-electron chi connectivity index (χ0n) is 17.8. The van der Waals surface area contributed by atoms with E-state index in [1.165, 1.54) is 0 Å². The SMILES string of the molecule is CCN(c1cc(Cl)cc(C(=O)N2Cc3cc(C)[nH]c(=O)c3C2)c1C)C1CCOCC1. The summed E-state index contributed by atoms with van der Waals surface area (Å²) in [5.74, 6) is -0.0902. The molecule has 0 aliphatic carbocycles. The highest BCUT2D eigenvalue weighted by molar-refractivity contribution is 6.31. The molecule has 1 amide bonds. The Bertz CT molecular complexity index is 1030. The van der Waals surface area contributed by atoms with Gasteiger partial charge in [-0.15, -0.1) is 0 Å². The van der Waals surface area contributed by atoms with E-state index in [0.717, 1.165) is 55.1 Å². The second-order valence-corrected chi connectivity index (χ2v) is 8.61. The molecule has 6 nitrogen and oxygen atoms in total. The molecule has 1 aromatic heterocycles. The average Bonchev–Trinajstić information content (AvgIpc) is 3.15. The van der Waals surface area contributed by atoms with Gasteiger partial charge in [-0.05, 0) is 62.9 Å². The molecule has 3 heterocycles. The van der Waals surface area contributed by atoms with Crippen molar-refractivity contribution < 1.29 is 9.53 Å². The van der Waals surface area contributed by atoms with Crippen LogP contribution in [0.25, 0.3) is 0 Å². The van der Waals surface area contributed by atoms with Crippen molar-refractivity contribution in [1.82, 2.24) is 9.88 Å². The van der Waals surface area contributed by atoms with Crippen LogP contribution in [0.3, 0.4) is 0 Å². The minimum atomic E-state index is -0.111. The maximum atomic E-state index is 13.4. The van der Waals surface area contributed by atoms with Gasteiger partial charge >= 0.3 is 0 Å². The lowest BCUT2D eigenvalue weighted by molar-refractivity contribution is 0.0750. The Morgan fingerprint density at radius 1 is 1.23 bits per heavy atom. The van der Waals surface area contributed by atoms with Crippen molar-refractivity contribution in [3.63, 3.8) is 0 Å². The fraction of sp³-hybridized carbons (Fsp3) is 0.478. The molecule has 2 aliphatic heterocycles. The normalized spacial score (nSPS) is 16.6. The topological polar surface area (TPSA) is 65.6 Å². The predicted octanol–water partition coefficient (Wildman–Crippen LogP) is 3.81. The lowest BCUT2D eigenvalue weighted by Crippen LogP contribution is -2.40. The molecular weight excluding hydrogens is 402 g/mol. The molecule has 160 valence electrons. The number of aromatic nitrogens is 1. The zero-order chi connectivity index (χ0) is 21.4. The molecule has 30 heavy (non-hydrogen) atoms. The van der Waals surface area contributed by atoms with Crippen molar-refractivity contribution in [2.24, 2.45) is 0 Å². The number of benzene rings is 1. The van der Waals surface area contributed by atoms with Gasteiger partial charge in [0.25, 0.3) is 11.5 Å². The van der Waals surface area contributed by atoms with Crippen molar-refractivity contribution in [2.75, 3.05) is 24.7 Å². The molecule has 2 aliphatic rings. The van der Waals surface area contributed by atoms with Gasteiger partial charge in [0.05, 0.1) is 6.54 Å². The molecule has 1 N–H and O–H groups in total. The molecule has 0 saturated carbocycles. The first-order valence-electron chi connectivity index (χ1n) is 10.5. The Balaban J connectivity index is 1.65. The smallest absolute Gasteiger partial charge is 0.254 e. The summed E-state index contributed by atoms with van der Waals surface area (Å²) in [7, 11) is 0. The van der Waals surface area contributed by atoms with Crippen molar-refractivity contribution in [3.8, 4) is 0 Å². The molecular formula is C23H28ClN3O3. The van der Waals surface area contributed by atoms with E-state index in [4.69, 9.17) is 16.3 Å². The number of carbonyl (C=O) groups excluding carboxylic acids is 1. The van der Waals surface area contributed by atoms with Gasteiger partial charge in [0.15, 0.2) is 0 Å². The highest BCUT2D eigenvalue weighted by Gasteiger charge is 2.30. The summed E-state index contributed by atoms with van der Waals surface area (Å²) in [6.07, 6.45) is 1.93. The van der Waals surface area contributed by atoms with Crippen molar-refractivity contribution in [1.29, 1.82) is 0 Å². The van der Waals surface area contributed by atoms with E-state index in [2.05, 4.69) is 16.8 Å². The summed E-state index contributed by atoms with van der Waals surface area (Å²) in [6.45, 7) is 9.09. The first-order valence-corrected chi connectivity index (χ1v) is 10.9. The summed E-state index contributed by atoms with van der Waals surface area (Å²) < 4.78 is 5.52. The number of ether oxygens (including phenoxy) is 1. The van der Waals surface area contributed by atoms with E-state index >= 15 is 0 Å². The third kappa shape index (κ3) is 3.86. The number of hydrogen-bond donors (Lipinski definition) is 1. The summed E-state index contributed by atoms with van der Waals surface area (Å²) in [6, 6.07) is 6.03. The number of aryl methyl sites for hydroxylation is 1. The van der Waals surface area contributed by atoms with E-state index < -0.39 is 0 Å². The third-order valence-electron chi connectivity index (χ3n) is 6.22. The Morgan fingerprint density at radius 3 is 2.67 bits per heavy atom. The van der Waals surface area contributed by atoms with Crippen LogP contribution in [0.1, 0.15) is 52.5 Å². The van der Waals surface area contributed by atoms with Gasteiger partial charge in [-0.3, -0.25) is 9.59 Å². The predicted molar refractivity (Wildman–Crippen MR) is 118 cm³/mol. The number of carbonyl (C=O) groups is 1. The molecule has 0 atom stereocenters. The number of rotatable bonds is 4. The first-order chi connectivity index (χ1) is 14.4. The zero-order valence-corrected chi connectivity index (χ0v) is 18.5. The quantitative estimate of drug-likeness (QED) is 0.802. The van der Waals surface area contributed by atoms with Gasteiger partial charge in [0.1, 0.15) is 0 Å². The lowest BCUT2D eigenvalue weighted by atomic mass is 10.0. The molecule has 4 rings (SSSR count). The fourth-order valence-electron chi connectivity index (χ4n) is 4.67. The largest absolute Gasteiger partial charge is 0.381 e. The van der Waals surface area contributed by atoms with E-state index in [0.29, 0.717) is 35.3 Å². The van der Waals surface area contributed by atoms with Gasteiger partial charge in [-0.25, -0.2) is 0 Å². The second-order valence-electron chi connectivity index (χ2n) is 8.17. The van der Waals surface area contributed by atoms with Crippen LogP contribution < -0.4 is 10.5 Å². The van der Waals surface area contributed by atoms with E-state index in [9.17, 15) is 9.59 Å². The number of pyridine rings is 1. The summed E-state index contributed by atoms with van der Waals surface area (Å²) in [5.41, 5.74) is 4.83. The molecule has 0 spiro atoms. The number of nitrogens with zero attached hydrogens (tertiary/aromatic N) is 2. The second kappa shape index (κ2) is 8.44. The number of halogens is 1. The Labute approximate surface area is 181 Å². The molecule has 1 saturated heterocycles. The van der Waals surface area contributed by atoms with Crippen LogP contribution in [-0.2, 0) is 17.8 Å². The van der Waals surface area contributed by atoms with Crippen LogP contribution in [0.15, 0.2) is 23.0 Å². The number of anilines is 1. The number of aromatic amines is 1. The molecule has 2 aromatic rings. The first kappa shape index (κ1) is 20.9. The van der Waals surface area contributed by atoms with E-state index in [-0.39, 0.29) is 11.5 Å². The van der Waals surface area contributed by atoms with Gasteiger partial charge in [0.2, 0.25) is 0 Å². The highest BCUT2D eigenvalue weighted by atomic mass is 35.5. The van der Waals surface area contributed by atoms with Gasteiger partial charge in [-0.2, -0.15) is 0 Å². The third-order valence-corrected chi connectivity index (χ3v) is 6.44. The van der Waals surface area contributed by atoms with Crippen LogP contribution in [-0.4, -0.2) is 41.6 Å². The van der Waals surface area contributed by atoms with Gasteiger partial charge in [-0.1, -0.05) is 11.6 Å². The summed E-state index contributed by atoms with van der Waals surface area (Å²) in [4.78, 5) is 32.6. The Morgan fingerprint density at radius 2 is 1.97 bits per heavy atom. The molecule has 1 aromatic carbocycles. The van der Waals surface area contributed by atoms with Crippen LogP contribution in [0.4, 0.5) is 5.69 Å². The standard InChI is InChI=1S/C23H28ClN3O3/c1-4-27(18-5-7-30-8-6-18)21-11-17(24)10-19(15(21)3)23(29)26-12-16-9-14(2)25-22(28)20(16)13-26/h9-11,18H,4-8,12-13H2,1-3H3,(H,25,28).